The summed E-state index contributed by atoms with van der Waals surface area (Å²) >= 11 is 0. The van der Waals surface area contributed by atoms with Gasteiger partial charge in [0.2, 0.25) is 5.69 Å². The van der Waals surface area contributed by atoms with E-state index >= 15 is 0 Å². The summed E-state index contributed by atoms with van der Waals surface area (Å²) in [5.74, 6) is -0.231. The summed E-state index contributed by atoms with van der Waals surface area (Å²) in [5, 5.41) is 1.89. The summed E-state index contributed by atoms with van der Waals surface area (Å²) in [7, 11) is 1.81. The molecular formula is C25H25N2O+. The maximum absolute atomic E-state index is 8.54. The van der Waals surface area contributed by atoms with Crippen LogP contribution in [0.4, 0.5) is 5.69 Å². The second-order valence-corrected chi connectivity index (χ2v) is 7.60. The minimum atomic E-state index is -1.56. The molecule has 0 aliphatic carbocycles. The van der Waals surface area contributed by atoms with Gasteiger partial charge in [0.05, 0.1) is 12.1 Å². The van der Waals surface area contributed by atoms with Crippen molar-refractivity contribution in [2.45, 2.75) is 34.1 Å². The Morgan fingerprint density at radius 1 is 1.14 bits per heavy atom. The Labute approximate surface area is 170 Å². The Bertz CT molecular complexity index is 1390. The van der Waals surface area contributed by atoms with Crippen molar-refractivity contribution >= 4 is 27.6 Å². The van der Waals surface area contributed by atoms with Gasteiger partial charge in [-0.2, -0.15) is 0 Å². The van der Waals surface area contributed by atoms with Gasteiger partial charge in [-0.15, -0.1) is 0 Å². The molecule has 0 saturated heterocycles. The number of aryl methyl sites for hydroxylation is 2. The van der Waals surface area contributed by atoms with E-state index in [1.165, 1.54) is 0 Å². The maximum atomic E-state index is 8.54. The molecule has 0 aliphatic rings. The lowest BCUT2D eigenvalue weighted by Crippen LogP contribution is -2.31. The molecule has 0 aliphatic heterocycles. The van der Waals surface area contributed by atoms with Crippen LogP contribution in [0.25, 0.3) is 38.0 Å². The standard InChI is InChI=1S/C25H25N2O/c1-15(2)11-18-9-10-27(6)22(13-18)24-16(3)7-8-19-20-12-17(4)21(26-5)14-23(20)28-25(19)24/h7-10,12-15H,11H2,1-4,6H3/q+1/i10D,11D2. The highest BCUT2D eigenvalue weighted by molar-refractivity contribution is 6.10. The lowest BCUT2D eigenvalue weighted by atomic mass is 9.97. The van der Waals surface area contributed by atoms with Crippen LogP contribution in [-0.4, -0.2) is 0 Å². The third-order valence-corrected chi connectivity index (χ3v) is 5.07. The first-order chi connectivity index (χ1) is 14.6. The van der Waals surface area contributed by atoms with Crippen LogP contribution in [0.1, 0.15) is 34.7 Å². The Kier molecular flexibility index (Phi) is 3.61. The van der Waals surface area contributed by atoms with E-state index in [2.05, 4.69) is 4.85 Å². The average Bonchev–Trinajstić information content (AvgIpc) is 3.06. The average molecular weight is 373 g/mol. The number of rotatable bonds is 3. The zero-order chi connectivity index (χ0) is 22.7. The van der Waals surface area contributed by atoms with E-state index in [1.54, 1.807) is 16.7 Å². The van der Waals surface area contributed by atoms with Gasteiger partial charge in [0.1, 0.15) is 19.6 Å². The number of aromatic nitrogens is 1. The predicted octanol–water partition coefficient (Wildman–Crippen LogP) is 6.44. The van der Waals surface area contributed by atoms with Crippen molar-refractivity contribution in [3.05, 3.63) is 70.7 Å². The molecular weight excluding hydrogens is 344 g/mol. The van der Waals surface area contributed by atoms with Crippen LogP contribution in [-0.2, 0) is 13.4 Å². The molecule has 0 saturated carbocycles. The van der Waals surface area contributed by atoms with Crippen LogP contribution in [0.5, 0.6) is 0 Å². The van der Waals surface area contributed by atoms with Gasteiger partial charge in [-0.1, -0.05) is 32.0 Å². The third kappa shape index (κ3) is 2.96. The van der Waals surface area contributed by atoms with E-state index in [-0.39, 0.29) is 12.1 Å². The summed E-state index contributed by atoms with van der Waals surface area (Å²) in [6.07, 6.45) is -1.33. The van der Waals surface area contributed by atoms with Crippen molar-refractivity contribution in [2.24, 2.45) is 13.0 Å². The van der Waals surface area contributed by atoms with Gasteiger partial charge < -0.3 is 4.42 Å². The zero-order valence-electron chi connectivity index (χ0n) is 19.8. The first-order valence-corrected chi connectivity index (χ1v) is 9.41. The molecule has 0 N–H and O–H groups in total. The smallest absolute Gasteiger partial charge is 0.216 e. The Morgan fingerprint density at radius 2 is 1.93 bits per heavy atom. The van der Waals surface area contributed by atoms with E-state index in [4.69, 9.17) is 15.1 Å². The molecule has 4 rings (SSSR count). The second-order valence-electron chi connectivity index (χ2n) is 7.60. The second kappa shape index (κ2) is 6.80. The fraction of sp³-hybridized carbons (Fsp3) is 0.280. The number of hydrogen-bond acceptors (Lipinski definition) is 1. The molecule has 4 aromatic rings. The van der Waals surface area contributed by atoms with Crippen molar-refractivity contribution in [1.29, 1.82) is 0 Å². The van der Waals surface area contributed by atoms with Crippen molar-refractivity contribution in [3.63, 3.8) is 0 Å². The molecule has 0 bridgehead atoms. The van der Waals surface area contributed by atoms with Crippen LogP contribution in [0, 0.1) is 26.3 Å². The summed E-state index contributed by atoms with van der Waals surface area (Å²) in [6.45, 7) is 15.0. The highest BCUT2D eigenvalue weighted by Gasteiger charge is 2.21. The summed E-state index contributed by atoms with van der Waals surface area (Å²) in [5.41, 5.74) is 5.85. The van der Waals surface area contributed by atoms with Crippen LogP contribution in [0.15, 0.2) is 47.0 Å². The molecule has 0 unspecified atom stereocenters. The molecule has 0 atom stereocenters. The molecule has 3 nitrogen and oxygen atoms in total. The van der Waals surface area contributed by atoms with E-state index in [1.807, 2.05) is 59.0 Å². The fourth-order valence-corrected chi connectivity index (χ4v) is 3.70. The van der Waals surface area contributed by atoms with E-state index in [9.17, 15) is 0 Å². The van der Waals surface area contributed by atoms with Crippen LogP contribution < -0.4 is 4.57 Å². The summed E-state index contributed by atoms with van der Waals surface area (Å²) in [6, 6.07) is 11.2. The van der Waals surface area contributed by atoms with E-state index in [0.717, 1.165) is 33.2 Å². The minimum absolute atomic E-state index is 0.231. The third-order valence-electron chi connectivity index (χ3n) is 5.07. The molecule has 2 aromatic carbocycles. The van der Waals surface area contributed by atoms with Crippen molar-refractivity contribution in [2.75, 3.05) is 0 Å². The zero-order valence-corrected chi connectivity index (χ0v) is 16.8. The van der Waals surface area contributed by atoms with Gasteiger partial charge in [-0.05, 0) is 48.9 Å². The van der Waals surface area contributed by atoms with E-state index in [0.29, 0.717) is 22.4 Å². The quantitative estimate of drug-likeness (QED) is 0.299. The molecule has 0 amide bonds. The van der Waals surface area contributed by atoms with Gasteiger partial charge in [0.25, 0.3) is 0 Å². The predicted molar refractivity (Wildman–Crippen MR) is 115 cm³/mol. The number of benzene rings is 2. The topological polar surface area (TPSA) is 21.4 Å². The van der Waals surface area contributed by atoms with Crippen LogP contribution >= 0.6 is 0 Å². The lowest BCUT2D eigenvalue weighted by molar-refractivity contribution is -0.660. The largest absolute Gasteiger partial charge is 0.456 e. The van der Waals surface area contributed by atoms with Crippen LogP contribution in [0.3, 0.4) is 0 Å². The van der Waals surface area contributed by atoms with Crippen molar-refractivity contribution in [1.82, 2.24) is 0 Å². The highest BCUT2D eigenvalue weighted by Crippen LogP contribution is 2.39. The SMILES string of the molecule is [2H]c1cc(C([2H])([2H])C(C)C)cc(-c2c(C)ccc3c2oc2cc([N+]#[C-])c(C)cc23)[n+]1C. The Morgan fingerprint density at radius 3 is 2.64 bits per heavy atom. The van der Waals surface area contributed by atoms with Gasteiger partial charge in [-0.3, -0.25) is 0 Å². The molecule has 0 fully saturated rings. The summed E-state index contributed by atoms with van der Waals surface area (Å²) in [4.78, 5) is 3.59. The first kappa shape index (κ1) is 14.9. The number of nitrogens with zero attached hydrogens (tertiary/aromatic N) is 2. The number of fused-ring (bicyclic) bond motifs is 3. The highest BCUT2D eigenvalue weighted by atomic mass is 16.3. The van der Waals surface area contributed by atoms with Gasteiger partial charge in [0.15, 0.2) is 11.9 Å². The molecule has 140 valence electrons. The molecule has 2 heterocycles. The molecule has 0 spiro atoms. The maximum Gasteiger partial charge on any atom is 0.216 e. The summed E-state index contributed by atoms with van der Waals surface area (Å²) < 4.78 is 33.6. The van der Waals surface area contributed by atoms with Crippen molar-refractivity contribution in [3.8, 4) is 11.3 Å². The number of hydrogen-bond donors (Lipinski definition) is 0. The first-order valence-electron chi connectivity index (χ1n) is 10.9. The van der Waals surface area contributed by atoms with Gasteiger partial charge in [-0.25, -0.2) is 9.41 Å². The monoisotopic (exact) mass is 372 g/mol. The van der Waals surface area contributed by atoms with Gasteiger partial charge >= 0.3 is 0 Å². The normalized spacial score (nSPS) is 13.5. The molecule has 3 heteroatoms. The molecule has 2 aromatic heterocycles. The minimum Gasteiger partial charge on any atom is -0.456 e. The molecule has 28 heavy (non-hydrogen) atoms. The number of pyridine rings is 1. The Hall–Kier alpha value is -3.12. The van der Waals surface area contributed by atoms with Crippen molar-refractivity contribution < 1.29 is 13.1 Å². The fourth-order valence-electron chi connectivity index (χ4n) is 3.70. The van der Waals surface area contributed by atoms with Gasteiger partial charge in [0, 0.05) is 25.6 Å². The number of furan rings is 1. The lowest BCUT2D eigenvalue weighted by Gasteiger charge is -2.09. The molecule has 0 radical (unpaired) electrons. The Balaban J connectivity index is 2.09. The van der Waals surface area contributed by atoms with E-state index < -0.39 is 6.37 Å². The van der Waals surface area contributed by atoms with Crippen LogP contribution in [0.2, 0.25) is 0 Å².